The van der Waals surface area contributed by atoms with Gasteiger partial charge in [-0.15, -0.1) is 0 Å². The zero-order chi connectivity index (χ0) is 17.0. The molecule has 0 heterocycles. The van der Waals surface area contributed by atoms with Gasteiger partial charge in [0.15, 0.2) is 0 Å². The van der Waals surface area contributed by atoms with Crippen LogP contribution in [0.25, 0.3) is 0 Å². The van der Waals surface area contributed by atoms with E-state index in [1.807, 2.05) is 0 Å². The van der Waals surface area contributed by atoms with Crippen LogP contribution in [0.2, 0.25) is 0 Å². The molecule has 2 atom stereocenters. The largest absolute Gasteiger partial charge is 0.373 e. The molecule has 0 aliphatic heterocycles. The summed E-state index contributed by atoms with van der Waals surface area (Å²) in [7, 11) is 0. The molecule has 10 heteroatoms. The number of rotatable bonds is 7. The van der Waals surface area contributed by atoms with Crippen LogP contribution in [0.1, 0.15) is 33.1 Å². The fourth-order valence-corrected chi connectivity index (χ4v) is 0.907. The molecule has 0 saturated heterocycles. The van der Waals surface area contributed by atoms with Crippen LogP contribution in [-0.2, 0) is 28.9 Å². The Morgan fingerprint density at radius 1 is 0.857 bits per heavy atom. The Kier molecular flexibility index (Phi) is 12.1. The predicted octanol–water partition coefficient (Wildman–Crippen LogP) is -2.19. The Bertz CT molecular complexity index is 374. The lowest BCUT2D eigenvalue weighted by Crippen LogP contribution is -2.32. The van der Waals surface area contributed by atoms with E-state index in [9.17, 15) is 19.2 Å². The van der Waals surface area contributed by atoms with E-state index in [-0.39, 0.29) is 30.8 Å². The average Bonchev–Trinajstić information content (AvgIpc) is 2.44. The van der Waals surface area contributed by atoms with Crippen molar-refractivity contribution in [3.8, 4) is 0 Å². The van der Waals surface area contributed by atoms with Crippen molar-refractivity contribution in [1.29, 1.82) is 0 Å². The molecule has 0 aromatic heterocycles. The topological polar surface area (TPSA) is 191 Å². The van der Waals surface area contributed by atoms with Crippen LogP contribution in [0.4, 0.5) is 0 Å². The second-order valence-corrected chi connectivity index (χ2v) is 4.16. The maximum absolute atomic E-state index is 10.5. The highest BCUT2D eigenvalue weighted by atomic mass is 16.7. The summed E-state index contributed by atoms with van der Waals surface area (Å²) in [5.41, 5.74) is 10.5. The third kappa shape index (κ3) is 12.9. The Morgan fingerprint density at radius 2 is 1.29 bits per heavy atom. The molecule has 0 spiro atoms. The molecule has 0 radical (unpaired) electrons. The Hall–Kier alpha value is -1.88. The van der Waals surface area contributed by atoms with Crippen molar-refractivity contribution in [3.05, 3.63) is 0 Å². The summed E-state index contributed by atoms with van der Waals surface area (Å²) >= 11 is 0. The van der Waals surface area contributed by atoms with Crippen molar-refractivity contribution in [2.45, 2.75) is 45.2 Å². The molecule has 0 aliphatic carbocycles. The van der Waals surface area contributed by atoms with Crippen LogP contribution in [0.15, 0.2) is 0 Å². The zero-order valence-corrected chi connectivity index (χ0v) is 12.0. The molecule has 0 rings (SSSR count). The molecule has 0 fully saturated rings. The third-order valence-corrected chi connectivity index (χ3v) is 2.35. The van der Waals surface area contributed by atoms with Gasteiger partial charge in [-0.3, -0.25) is 19.2 Å². The molecule has 0 bridgehead atoms. The van der Waals surface area contributed by atoms with E-state index in [1.54, 1.807) is 0 Å². The number of hydrogen-bond acceptors (Lipinski definition) is 10. The second kappa shape index (κ2) is 11.9. The van der Waals surface area contributed by atoms with Crippen LogP contribution >= 0.6 is 0 Å². The summed E-state index contributed by atoms with van der Waals surface area (Å²) in [6.07, 6.45) is 0.203. The highest BCUT2D eigenvalue weighted by molar-refractivity contribution is 5.86. The van der Waals surface area contributed by atoms with Gasteiger partial charge in [0.25, 0.3) is 0 Å². The van der Waals surface area contributed by atoms with E-state index in [2.05, 4.69) is 21.5 Å². The SMILES string of the molecule is CC(=O)C(N)CC(=O)ON.CC(=O)C(N)CCC(=O)ON. The number of nitrogens with two attached hydrogens (primary N) is 4. The maximum atomic E-state index is 10.5. The lowest BCUT2D eigenvalue weighted by atomic mass is 10.1. The third-order valence-electron chi connectivity index (χ3n) is 2.35. The Balaban J connectivity index is 0. The maximum Gasteiger partial charge on any atom is 0.326 e. The van der Waals surface area contributed by atoms with Crippen molar-refractivity contribution in [1.82, 2.24) is 0 Å². The predicted molar refractivity (Wildman–Crippen MR) is 71.7 cm³/mol. The van der Waals surface area contributed by atoms with Gasteiger partial charge in [-0.2, -0.15) is 11.8 Å². The number of Topliss-reactive ketones (excluding diaryl/α,β-unsaturated/α-hetero) is 2. The van der Waals surface area contributed by atoms with Crippen LogP contribution in [-0.4, -0.2) is 35.6 Å². The highest BCUT2D eigenvalue weighted by Crippen LogP contribution is 1.96. The van der Waals surface area contributed by atoms with Crippen molar-refractivity contribution < 1.29 is 28.9 Å². The van der Waals surface area contributed by atoms with Crippen molar-refractivity contribution in [2.75, 3.05) is 0 Å². The molecule has 21 heavy (non-hydrogen) atoms. The van der Waals surface area contributed by atoms with Crippen molar-refractivity contribution in [3.63, 3.8) is 0 Å². The quantitative estimate of drug-likeness (QED) is 0.375. The molecular weight excluding hydrogens is 284 g/mol. The summed E-state index contributed by atoms with van der Waals surface area (Å²) in [6.45, 7) is 2.67. The van der Waals surface area contributed by atoms with E-state index in [1.165, 1.54) is 13.8 Å². The lowest BCUT2D eigenvalue weighted by molar-refractivity contribution is -0.146. The number of carbonyl (C=O) groups excluding carboxylic acids is 4. The molecule has 10 nitrogen and oxygen atoms in total. The highest BCUT2D eigenvalue weighted by Gasteiger charge is 2.13. The zero-order valence-electron chi connectivity index (χ0n) is 12.0. The van der Waals surface area contributed by atoms with Gasteiger partial charge >= 0.3 is 11.9 Å². The van der Waals surface area contributed by atoms with E-state index in [0.29, 0.717) is 0 Å². The number of ketones is 2. The number of carbonyl (C=O) groups is 4. The van der Waals surface area contributed by atoms with Gasteiger partial charge in [0.1, 0.15) is 11.6 Å². The summed E-state index contributed by atoms with van der Waals surface area (Å²) in [6, 6.07) is -1.38. The summed E-state index contributed by atoms with van der Waals surface area (Å²) in [5, 5.41) is 0. The molecule has 0 aliphatic rings. The Labute approximate surface area is 122 Å². The number of hydrogen-bond donors (Lipinski definition) is 4. The first-order valence-corrected chi connectivity index (χ1v) is 5.96. The van der Waals surface area contributed by atoms with Crippen LogP contribution in [0.3, 0.4) is 0 Å². The van der Waals surface area contributed by atoms with E-state index < -0.39 is 24.0 Å². The molecule has 0 saturated carbocycles. The van der Waals surface area contributed by atoms with Gasteiger partial charge < -0.3 is 21.1 Å². The minimum atomic E-state index is -0.795. The first-order valence-electron chi connectivity index (χ1n) is 5.96. The van der Waals surface area contributed by atoms with Crippen LogP contribution in [0, 0.1) is 0 Å². The smallest absolute Gasteiger partial charge is 0.326 e. The summed E-state index contributed by atoms with van der Waals surface area (Å²) in [4.78, 5) is 49.4. The fraction of sp³-hybridized carbons (Fsp3) is 0.636. The van der Waals surface area contributed by atoms with E-state index >= 15 is 0 Å². The summed E-state index contributed by atoms with van der Waals surface area (Å²) in [5.74, 6) is 7.43. The van der Waals surface area contributed by atoms with Gasteiger partial charge in [-0.05, 0) is 20.3 Å². The molecule has 0 aromatic rings. The monoisotopic (exact) mass is 306 g/mol. The molecule has 122 valence electrons. The lowest BCUT2D eigenvalue weighted by Gasteiger charge is -2.04. The fourth-order valence-electron chi connectivity index (χ4n) is 0.907. The van der Waals surface area contributed by atoms with Gasteiger partial charge in [0.2, 0.25) is 0 Å². The molecule has 0 aromatic carbocycles. The van der Waals surface area contributed by atoms with Crippen LogP contribution in [0.5, 0.6) is 0 Å². The summed E-state index contributed by atoms with van der Waals surface area (Å²) < 4.78 is 0. The normalized spacial score (nSPS) is 12.3. The minimum Gasteiger partial charge on any atom is -0.373 e. The van der Waals surface area contributed by atoms with E-state index in [4.69, 9.17) is 11.5 Å². The van der Waals surface area contributed by atoms with E-state index in [0.717, 1.165) is 0 Å². The van der Waals surface area contributed by atoms with Gasteiger partial charge in [-0.1, -0.05) is 0 Å². The first-order chi connectivity index (χ1) is 9.65. The minimum absolute atomic E-state index is 0.0806. The molecule has 8 N–H and O–H groups in total. The molecular formula is C11H22N4O6. The van der Waals surface area contributed by atoms with Crippen LogP contribution < -0.4 is 23.3 Å². The first kappa shape index (κ1) is 21.4. The Morgan fingerprint density at radius 3 is 1.62 bits per heavy atom. The second-order valence-electron chi connectivity index (χ2n) is 4.16. The average molecular weight is 306 g/mol. The van der Waals surface area contributed by atoms with Gasteiger partial charge in [0, 0.05) is 6.42 Å². The van der Waals surface area contributed by atoms with Gasteiger partial charge in [-0.25, -0.2) is 0 Å². The van der Waals surface area contributed by atoms with Crippen molar-refractivity contribution >= 4 is 23.5 Å². The molecule has 2 unspecified atom stereocenters. The molecule has 0 amide bonds. The van der Waals surface area contributed by atoms with Crippen molar-refractivity contribution in [2.24, 2.45) is 23.3 Å². The van der Waals surface area contributed by atoms with Gasteiger partial charge in [0.05, 0.1) is 18.5 Å². The standard InChI is InChI=1S/C6H12N2O3.C5H10N2O3/c1-4(9)5(7)2-3-6(10)11-8;1-3(8)4(6)2-5(9)10-7/h5H,2-3,7-8H2,1H3;4H,2,6-7H2,1H3.